The van der Waals surface area contributed by atoms with Crippen molar-refractivity contribution in [3.05, 3.63) is 0 Å². The van der Waals surface area contributed by atoms with Crippen molar-refractivity contribution in [3.63, 3.8) is 0 Å². The van der Waals surface area contributed by atoms with Crippen molar-refractivity contribution in [1.29, 1.82) is 0 Å². The number of hydrogen-bond donors (Lipinski definition) is 2. The monoisotopic (exact) mass is 274 g/mol. The van der Waals surface area contributed by atoms with E-state index >= 15 is 0 Å². The molecular formula is C11H18N2O4S. The van der Waals surface area contributed by atoms with Gasteiger partial charge >= 0.3 is 5.97 Å². The van der Waals surface area contributed by atoms with E-state index in [0.29, 0.717) is 25.3 Å². The quantitative estimate of drug-likeness (QED) is 0.654. The highest BCUT2D eigenvalue weighted by atomic mass is 32.2. The lowest BCUT2D eigenvalue weighted by molar-refractivity contribution is -0.139. The van der Waals surface area contributed by atoms with Gasteiger partial charge < -0.3 is 15.3 Å². The Morgan fingerprint density at radius 1 is 1.56 bits per heavy atom. The predicted molar refractivity (Wildman–Crippen MR) is 68.3 cm³/mol. The molecular weight excluding hydrogens is 256 g/mol. The number of hydrogen-bond acceptors (Lipinski definition) is 4. The molecule has 0 aromatic carbocycles. The summed E-state index contributed by atoms with van der Waals surface area (Å²) >= 11 is 1.26. The zero-order valence-electron chi connectivity index (χ0n) is 10.3. The van der Waals surface area contributed by atoms with Crippen LogP contribution < -0.4 is 5.32 Å². The van der Waals surface area contributed by atoms with E-state index in [4.69, 9.17) is 5.11 Å². The van der Waals surface area contributed by atoms with Gasteiger partial charge in [0, 0.05) is 38.2 Å². The summed E-state index contributed by atoms with van der Waals surface area (Å²) in [6.45, 7) is 1.06. The zero-order valence-corrected chi connectivity index (χ0v) is 11.2. The Morgan fingerprint density at radius 2 is 2.28 bits per heavy atom. The van der Waals surface area contributed by atoms with E-state index in [1.807, 2.05) is 0 Å². The van der Waals surface area contributed by atoms with Gasteiger partial charge in [0.2, 0.25) is 11.8 Å². The number of aliphatic carboxylic acids is 1. The maximum absolute atomic E-state index is 11.7. The first-order valence-corrected chi connectivity index (χ1v) is 6.97. The Morgan fingerprint density at radius 3 is 2.89 bits per heavy atom. The minimum absolute atomic E-state index is 0.00153. The fourth-order valence-corrected chi connectivity index (χ4v) is 2.28. The number of carbonyl (C=O) groups excluding carboxylic acids is 2. The molecule has 1 rings (SSSR count). The van der Waals surface area contributed by atoms with Crippen LogP contribution in [0, 0.1) is 5.92 Å². The third kappa shape index (κ3) is 4.95. The molecule has 0 aliphatic carbocycles. The summed E-state index contributed by atoms with van der Waals surface area (Å²) < 4.78 is 0. The van der Waals surface area contributed by atoms with E-state index in [-0.39, 0.29) is 29.9 Å². The Labute approximate surface area is 110 Å². The maximum atomic E-state index is 11.7. The summed E-state index contributed by atoms with van der Waals surface area (Å²) in [6.07, 6.45) is 0.959. The molecule has 1 saturated heterocycles. The number of carboxylic acid groups (broad SMARTS) is 1. The zero-order chi connectivity index (χ0) is 13.5. The molecule has 7 heteroatoms. The van der Waals surface area contributed by atoms with Gasteiger partial charge in [-0.2, -0.15) is 0 Å². The number of nitrogens with zero attached hydrogens (tertiary/aromatic N) is 1. The normalized spacial score (nSPS) is 19.7. The smallest absolute Gasteiger partial charge is 0.313 e. The predicted octanol–water partition coefficient (Wildman–Crippen LogP) is -0.211. The summed E-state index contributed by atoms with van der Waals surface area (Å²) in [5, 5.41) is 11.2. The standard InChI is InChI=1S/C11H18N2O4S/c1-13-4-2-8(6-9(13)14)11(17)12-3-5-18-7-10(15)16/h8H,2-7H2,1H3,(H,12,17)(H,15,16). The van der Waals surface area contributed by atoms with Crippen molar-refractivity contribution in [2.24, 2.45) is 5.92 Å². The first kappa shape index (κ1) is 14.8. The molecule has 0 saturated carbocycles. The number of piperidine rings is 1. The van der Waals surface area contributed by atoms with E-state index < -0.39 is 5.97 Å². The number of thioether (sulfide) groups is 1. The van der Waals surface area contributed by atoms with Crippen molar-refractivity contribution in [2.75, 3.05) is 31.6 Å². The van der Waals surface area contributed by atoms with Crippen LogP contribution >= 0.6 is 11.8 Å². The van der Waals surface area contributed by atoms with Crippen LogP contribution in [0.2, 0.25) is 0 Å². The Balaban J connectivity index is 2.17. The average molecular weight is 274 g/mol. The summed E-state index contributed by atoms with van der Waals surface area (Å²) in [5.41, 5.74) is 0. The van der Waals surface area contributed by atoms with Gasteiger partial charge in [-0.1, -0.05) is 0 Å². The fourth-order valence-electron chi connectivity index (χ4n) is 1.72. The molecule has 0 aromatic heterocycles. The average Bonchev–Trinajstić information content (AvgIpc) is 2.31. The minimum Gasteiger partial charge on any atom is -0.481 e. The van der Waals surface area contributed by atoms with Gasteiger partial charge in [0.15, 0.2) is 0 Å². The lowest BCUT2D eigenvalue weighted by atomic mass is 9.96. The van der Waals surface area contributed by atoms with Gasteiger partial charge in [-0.25, -0.2) is 0 Å². The van der Waals surface area contributed by atoms with Gasteiger partial charge in [0.05, 0.1) is 5.75 Å². The number of amides is 2. The van der Waals surface area contributed by atoms with E-state index in [1.54, 1.807) is 11.9 Å². The number of carbonyl (C=O) groups is 3. The van der Waals surface area contributed by atoms with Gasteiger partial charge in [0.1, 0.15) is 0 Å². The summed E-state index contributed by atoms with van der Waals surface area (Å²) in [5.74, 6) is -0.583. The summed E-state index contributed by atoms with van der Waals surface area (Å²) in [4.78, 5) is 35.1. The van der Waals surface area contributed by atoms with Gasteiger partial charge in [0.25, 0.3) is 0 Å². The molecule has 2 amide bonds. The molecule has 1 aliphatic heterocycles. The SMILES string of the molecule is CN1CCC(C(=O)NCCSCC(=O)O)CC1=O. The highest BCUT2D eigenvalue weighted by Crippen LogP contribution is 2.17. The lowest BCUT2D eigenvalue weighted by Crippen LogP contribution is -2.42. The first-order chi connectivity index (χ1) is 8.50. The number of carboxylic acids is 1. The van der Waals surface area contributed by atoms with Gasteiger partial charge in [-0.15, -0.1) is 11.8 Å². The molecule has 0 spiro atoms. The minimum atomic E-state index is -0.854. The molecule has 6 nitrogen and oxygen atoms in total. The topological polar surface area (TPSA) is 86.7 Å². The molecule has 18 heavy (non-hydrogen) atoms. The van der Waals surface area contributed by atoms with Crippen LogP contribution in [0.15, 0.2) is 0 Å². The summed E-state index contributed by atoms with van der Waals surface area (Å²) in [6, 6.07) is 0. The van der Waals surface area contributed by atoms with Crippen molar-refractivity contribution < 1.29 is 19.5 Å². The highest BCUT2D eigenvalue weighted by molar-refractivity contribution is 7.99. The fraction of sp³-hybridized carbons (Fsp3) is 0.727. The highest BCUT2D eigenvalue weighted by Gasteiger charge is 2.28. The van der Waals surface area contributed by atoms with E-state index in [9.17, 15) is 14.4 Å². The van der Waals surface area contributed by atoms with Crippen molar-refractivity contribution >= 4 is 29.5 Å². The summed E-state index contributed by atoms with van der Waals surface area (Å²) in [7, 11) is 1.74. The van der Waals surface area contributed by atoms with Crippen LogP contribution in [-0.4, -0.2) is 59.4 Å². The van der Waals surface area contributed by atoms with Crippen molar-refractivity contribution in [3.8, 4) is 0 Å². The molecule has 0 aromatic rings. The second kappa shape index (κ2) is 7.25. The Bertz CT molecular complexity index is 335. The third-order valence-corrected chi connectivity index (χ3v) is 3.75. The van der Waals surface area contributed by atoms with Crippen LogP contribution in [0.1, 0.15) is 12.8 Å². The van der Waals surface area contributed by atoms with Gasteiger partial charge in [-0.05, 0) is 6.42 Å². The van der Waals surface area contributed by atoms with Crippen LogP contribution in [0.3, 0.4) is 0 Å². The number of rotatable bonds is 6. The molecule has 1 fully saturated rings. The molecule has 2 N–H and O–H groups in total. The van der Waals surface area contributed by atoms with Crippen LogP contribution in [-0.2, 0) is 14.4 Å². The molecule has 1 aliphatic rings. The van der Waals surface area contributed by atoms with Crippen LogP contribution in [0.25, 0.3) is 0 Å². The molecule has 1 atom stereocenters. The Hall–Kier alpha value is -1.24. The largest absolute Gasteiger partial charge is 0.481 e. The first-order valence-electron chi connectivity index (χ1n) is 5.82. The second-order valence-electron chi connectivity index (χ2n) is 4.24. The van der Waals surface area contributed by atoms with E-state index in [1.165, 1.54) is 11.8 Å². The molecule has 0 radical (unpaired) electrons. The number of nitrogens with one attached hydrogen (secondary N) is 1. The second-order valence-corrected chi connectivity index (χ2v) is 5.35. The van der Waals surface area contributed by atoms with Crippen molar-refractivity contribution in [2.45, 2.75) is 12.8 Å². The number of likely N-dealkylation sites (tertiary alicyclic amines) is 1. The Kier molecular flexibility index (Phi) is 5.97. The van der Waals surface area contributed by atoms with Crippen LogP contribution in [0.5, 0.6) is 0 Å². The van der Waals surface area contributed by atoms with E-state index in [2.05, 4.69) is 5.32 Å². The molecule has 1 unspecified atom stereocenters. The third-order valence-electron chi connectivity index (χ3n) is 2.80. The molecule has 0 bridgehead atoms. The maximum Gasteiger partial charge on any atom is 0.313 e. The van der Waals surface area contributed by atoms with Crippen molar-refractivity contribution in [1.82, 2.24) is 10.2 Å². The lowest BCUT2D eigenvalue weighted by Gasteiger charge is -2.27. The van der Waals surface area contributed by atoms with E-state index in [0.717, 1.165) is 0 Å². The van der Waals surface area contributed by atoms with Crippen LogP contribution in [0.4, 0.5) is 0 Å². The van der Waals surface area contributed by atoms with Gasteiger partial charge in [-0.3, -0.25) is 14.4 Å². The molecule has 102 valence electrons. The molecule has 1 heterocycles.